The Morgan fingerprint density at radius 1 is 1.05 bits per heavy atom. The number of hydrogen-bond donors (Lipinski definition) is 3. The maximum absolute atomic E-state index is 11.3. The van der Waals surface area contributed by atoms with Crippen LogP contribution in [0.5, 0.6) is 0 Å². The van der Waals surface area contributed by atoms with Crippen molar-refractivity contribution in [2.75, 3.05) is 5.32 Å². The monoisotopic (exact) mass is 321 g/mol. The zero-order valence-corrected chi connectivity index (χ0v) is 12.7. The zero-order valence-electron chi connectivity index (χ0n) is 11.2. The van der Waals surface area contributed by atoms with Gasteiger partial charge in [0.15, 0.2) is 0 Å². The van der Waals surface area contributed by atoms with Crippen LogP contribution in [0.3, 0.4) is 0 Å². The molecule has 0 fully saturated rings. The molecule has 0 bridgehead atoms. The first-order valence-corrected chi connectivity index (χ1v) is 7.22. The predicted molar refractivity (Wildman–Crippen MR) is 87.4 cm³/mol. The second kappa shape index (κ2) is 5.47. The number of halogens is 2. The Labute approximate surface area is 131 Å². The van der Waals surface area contributed by atoms with Crippen LogP contribution in [-0.4, -0.2) is 9.97 Å². The highest BCUT2D eigenvalue weighted by Gasteiger charge is 2.09. The molecule has 0 spiro atoms. The van der Waals surface area contributed by atoms with Gasteiger partial charge >= 0.3 is 5.69 Å². The SMILES string of the molecule is CC(Nc1ccc(Cl)cc1Cl)c1ccc2[nH]c(=O)[nH]c2c1. The molecule has 6 heteroatoms. The lowest BCUT2D eigenvalue weighted by molar-refractivity contribution is 0.886. The highest BCUT2D eigenvalue weighted by molar-refractivity contribution is 6.36. The van der Waals surface area contributed by atoms with Gasteiger partial charge in [-0.05, 0) is 42.8 Å². The molecule has 1 aromatic heterocycles. The van der Waals surface area contributed by atoms with Crippen LogP contribution in [0.2, 0.25) is 10.0 Å². The van der Waals surface area contributed by atoms with Crippen molar-refractivity contribution < 1.29 is 0 Å². The van der Waals surface area contributed by atoms with Crippen LogP contribution in [0, 0.1) is 0 Å². The largest absolute Gasteiger partial charge is 0.377 e. The molecular weight excluding hydrogens is 309 g/mol. The van der Waals surface area contributed by atoms with E-state index < -0.39 is 0 Å². The van der Waals surface area contributed by atoms with Crippen molar-refractivity contribution in [3.8, 4) is 0 Å². The number of aromatic amines is 2. The number of H-pyrrole nitrogens is 2. The molecule has 0 saturated carbocycles. The van der Waals surface area contributed by atoms with Gasteiger partial charge in [-0.25, -0.2) is 4.79 Å². The molecule has 0 radical (unpaired) electrons. The van der Waals surface area contributed by atoms with Crippen molar-refractivity contribution in [1.82, 2.24) is 9.97 Å². The van der Waals surface area contributed by atoms with Gasteiger partial charge in [0.1, 0.15) is 0 Å². The van der Waals surface area contributed by atoms with E-state index in [0.29, 0.717) is 10.0 Å². The Morgan fingerprint density at radius 2 is 1.81 bits per heavy atom. The molecule has 0 aliphatic heterocycles. The first-order chi connectivity index (χ1) is 10.0. The molecule has 108 valence electrons. The van der Waals surface area contributed by atoms with Crippen LogP contribution < -0.4 is 11.0 Å². The Balaban J connectivity index is 1.89. The average molecular weight is 322 g/mol. The third-order valence-corrected chi connectivity index (χ3v) is 3.89. The van der Waals surface area contributed by atoms with E-state index in [0.717, 1.165) is 22.3 Å². The molecule has 3 rings (SSSR count). The fourth-order valence-corrected chi connectivity index (χ4v) is 2.71. The molecule has 3 N–H and O–H groups in total. The maximum Gasteiger partial charge on any atom is 0.323 e. The van der Waals surface area contributed by atoms with Crippen LogP contribution in [0.15, 0.2) is 41.2 Å². The van der Waals surface area contributed by atoms with E-state index in [1.54, 1.807) is 12.1 Å². The second-order valence-corrected chi connectivity index (χ2v) is 5.72. The van der Waals surface area contributed by atoms with Crippen molar-refractivity contribution in [2.24, 2.45) is 0 Å². The number of imidazole rings is 1. The van der Waals surface area contributed by atoms with E-state index in [2.05, 4.69) is 15.3 Å². The lowest BCUT2D eigenvalue weighted by Gasteiger charge is -2.17. The number of fused-ring (bicyclic) bond motifs is 1. The maximum atomic E-state index is 11.3. The first-order valence-electron chi connectivity index (χ1n) is 6.46. The lowest BCUT2D eigenvalue weighted by atomic mass is 10.1. The van der Waals surface area contributed by atoms with Crippen molar-refractivity contribution >= 4 is 39.9 Å². The zero-order chi connectivity index (χ0) is 15.0. The van der Waals surface area contributed by atoms with E-state index in [9.17, 15) is 4.79 Å². The minimum atomic E-state index is -0.205. The van der Waals surface area contributed by atoms with Gasteiger partial charge in [-0.2, -0.15) is 0 Å². The molecule has 1 heterocycles. The summed E-state index contributed by atoms with van der Waals surface area (Å²) in [5.41, 5.74) is 3.23. The van der Waals surface area contributed by atoms with Gasteiger partial charge in [0.05, 0.1) is 21.7 Å². The Kier molecular flexibility index (Phi) is 3.66. The molecular formula is C15H13Cl2N3O. The summed E-state index contributed by atoms with van der Waals surface area (Å²) in [7, 11) is 0. The molecule has 21 heavy (non-hydrogen) atoms. The lowest BCUT2D eigenvalue weighted by Crippen LogP contribution is -2.06. The van der Waals surface area contributed by atoms with E-state index >= 15 is 0 Å². The highest BCUT2D eigenvalue weighted by atomic mass is 35.5. The number of nitrogens with one attached hydrogen (secondary N) is 3. The van der Waals surface area contributed by atoms with Gasteiger partial charge in [0.2, 0.25) is 0 Å². The summed E-state index contributed by atoms with van der Waals surface area (Å²) < 4.78 is 0. The smallest absolute Gasteiger partial charge is 0.323 e. The minimum absolute atomic E-state index is 0.0338. The molecule has 4 nitrogen and oxygen atoms in total. The number of rotatable bonds is 3. The summed E-state index contributed by atoms with van der Waals surface area (Å²) in [6, 6.07) is 11.1. The highest BCUT2D eigenvalue weighted by Crippen LogP contribution is 2.29. The fourth-order valence-electron chi connectivity index (χ4n) is 2.24. The number of anilines is 1. The second-order valence-electron chi connectivity index (χ2n) is 4.87. The number of benzene rings is 2. The van der Waals surface area contributed by atoms with Crippen LogP contribution in [-0.2, 0) is 0 Å². The van der Waals surface area contributed by atoms with Crippen LogP contribution in [0.4, 0.5) is 5.69 Å². The summed E-state index contributed by atoms with van der Waals surface area (Å²) in [5.74, 6) is 0. The number of hydrogen-bond acceptors (Lipinski definition) is 2. The van der Waals surface area contributed by atoms with Gasteiger partial charge in [-0.3, -0.25) is 0 Å². The van der Waals surface area contributed by atoms with Gasteiger partial charge in [-0.15, -0.1) is 0 Å². The average Bonchev–Trinajstić information content (AvgIpc) is 2.80. The predicted octanol–water partition coefficient (Wildman–Crippen LogP) is 4.34. The van der Waals surface area contributed by atoms with Gasteiger partial charge < -0.3 is 15.3 Å². The minimum Gasteiger partial charge on any atom is -0.377 e. The molecule has 0 aliphatic carbocycles. The van der Waals surface area contributed by atoms with Gasteiger partial charge in [-0.1, -0.05) is 29.3 Å². The summed E-state index contributed by atoms with van der Waals surface area (Å²) in [4.78, 5) is 16.8. The third-order valence-electron chi connectivity index (χ3n) is 3.34. The topological polar surface area (TPSA) is 60.7 Å². The molecule has 3 aromatic rings. The summed E-state index contributed by atoms with van der Waals surface area (Å²) in [6.45, 7) is 2.02. The van der Waals surface area contributed by atoms with Crippen molar-refractivity contribution in [3.63, 3.8) is 0 Å². The van der Waals surface area contributed by atoms with E-state index in [-0.39, 0.29) is 11.7 Å². The third kappa shape index (κ3) is 2.91. The normalized spacial score (nSPS) is 12.5. The van der Waals surface area contributed by atoms with Crippen LogP contribution in [0.25, 0.3) is 11.0 Å². The molecule has 0 amide bonds. The summed E-state index contributed by atoms with van der Waals surface area (Å²) >= 11 is 12.0. The van der Waals surface area contributed by atoms with Gasteiger partial charge in [0, 0.05) is 11.1 Å². The standard InChI is InChI=1S/C15H13Cl2N3O/c1-8(18-12-5-3-10(16)7-11(12)17)9-2-4-13-14(6-9)20-15(21)19-13/h2-8,18H,1H3,(H2,19,20,21). The van der Waals surface area contributed by atoms with Crippen molar-refractivity contribution in [1.29, 1.82) is 0 Å². The first kappa shape index (κ1) is 14.0. The molecule has 0 saturated heterocycles. The Morgan fingerprint density at radius 3 is 2.57 bits per heavy atom. The fraction of sp³-hybridized carbons (Fsp3) is 0.133. The molecule has 0 aliphatic rings. The summed E-state index contributed by atoms with van der Waals surface area (Å²) in [6.07, 6.45) is 0. The Bertz CT molecular complexity index is 853. The Hall–Kier alpha value is -1.91. The van der Waals surface area contributed by atoms with Crippen molar-refractivity contribution in [2.45, 2.75) is 13.0 Å². The van der Waals surface area contributed by atoms with Crippen LogP contribution in [0.1, 0.15) is 18.5 Å². The van der Waals surface area contributed by atoms with Gasteiger partial charge in [0.25, 0.3) is 0 Å². The van der Waals surface area contributed by atoms with E-state index in [1.807, 2.05) is 31.2 Å². The molecule has 2 aromatic carbocycles. The van der Waals surface area contributed by atoms with Crippen molar-refractivity contribution in [3.05, 3.63) is 62.5 Å². The number of aromatic nitrogens is 2. The summed E-state index contributed by atoms with van der Waals surface area (Å²) in [5, 5.41) is 4.51. The quantitative estimate of drug-likeness (QED) is 0.672. The van der Waals surface area contributed by atoms with E-state index in [1.165, 1.54) is 0 Å². The van der Waals surface area contributed by atoms with Crippen LogP contribution >= 0.6 is 23.2 Å². The molecule has 1 unspecified atom stereocenters. The molecule has 1 atom stereocenters. The van der Waals surface area contributed by atoms with E-state index in [4.69, 9.17) is 23.2 Å².